The average molecular weight is 449 g/mol. The first-order chi connectivity index (χ1) is 14.8. The third-order valence-corrected chi connectivity index (χ3v) is 4.54. The van der Waals surface area contributed by atoms with Crippen LogP contribution in [0.25, 0.3) is 22.3 Å². The van der Waals surface area contributed by atoms with Gasteiger partial charge in [-0.1, -0.05) is 114 Å². The Balaban J connectivity index is -0.000000971. The van der Waals surface area contributed by atoms with Crippen molar-refractivity contribution < 1.29 is 13.2 Å². The number of benzene rings is 3. The second-order valence-electron chi connectivity index (χ2n) is 6.47. The molecule has 32 heavy (non-hydrogen) atoms. The fourth-order valence-electron chi connectivity index (χ4n) is 3.16. The quantitative estimate of drug-likeness (QED) is 0.352. The number of hydrogen-bond donors (Lipinski definition) is 0. The molecule has 0 aliphatic carbocycles. The van der Waals surface area contributed by atoms with Gasteiger partial charge in [0.05, 0.1) is 21.5 Å². The molecule has 0 nitrogen and oxygen atoms in total. The van der Waals surface area contributed by atoms with Crippen molar-refractivity contribution in [2.24, 2.45) is 0 Å². The van der Waals surface area contributed by atoms with E-state index in [0.717, 1.165) is 12.8 Å². The monoisotopic (exact) mass is 448 g/mol. The summed E-state index contributed by atoms with van der Waals surface area (Å²) in [7, 11) is 1.50. The summed E-state index contributed by atoms with van der Waals surface area (Å²) in [5.74, 6) is 0. The van der Waals surface area contributed by atoms with Crippen LogP contribution in [-0.2, 0) is 12.8 Å². The van der Waals surface area contributed by atoms with Gasteiger partial charge in [0.2, 0.25) is 0 Å². The molecule has 3 aromatic rings. The van der Waals surface area contributed by atoms with E-state index in [1.54, 1.807) is 0 Å². The van der Waals surface area contributed by atoms with Crippen molar-refractivity contribution in [3.05, 3.63) is 83.9 Å². The summed E-state index contributed by atoms with van der Waals surface area (Å²) in [6.07, 6.45) is 4.72. The smallest absolute Gasteiger partial charge is 0.0785 e. The molecule has 0 amide bonds. The molecule has 0 aliphatic rings. The normalized spacial score (nSPS) is 8.62. The maximum atomic E-state index is 9.50. The number of rotatable bonds is 6. The number of alkyl halides is 3. The van der Waals surface area contributed by atoms with Crippen LogP contribution in [-0.4, -0.2) is 21.5 Å². The summed E-state index contributed by atoms with van der Waals surface area (Å²) < 4.78 is 28.5. The van der Waals surface area contributed by atoms with Crippen molar-refractivity contribution in [1.82, 2.24) is 0 Å². The number of aryl methyl sites for hydroxylation is 2. The molecule has 0 spiro atoms. The van der Waals surface area contributed by atoms with E-state index in [1.165, 1.54) is 46.2 Å². The Morgan fingerprint density at radius 3 is 0.781 bits per heavy atom. The lowest BCUT2D eigenvalue weighted by Gasteiger charge is -2.07. The molecule has 3 heteroatoms. The first-order valence-corrected chi connectivity index (χ1v) is 10.2. The fraction of sp³-hybridized carbons (Fsp3) is 0.379. The second-order valence-corrected chi connectivity index (χ2v) is 6.47. The van der Waals surface area contributed by atoms with Crippen LogP contribution in [0.15, 0.2) is 72.8 Å². The molecule has 0 saturated heterocycles. The zero-order chi connectivity index (χ0) is 22.8. The van der Waals surface area contributed by atoms with Gasteiger partial charge in [-0.3, -0.25) is 13.2 Å². The molecule has 0 bridgehead atoms. The van der Waals surface area contributed by atoms with Crippen molar-refractivity contribution >= 4 is 0 Å². The molecule has 0 aromatic heterocycles. The Labute approximate surface area is 195 Å². The number of halogens is 3. The summed E-state index contributed by atoms with van der Waals surface area (Å²) >= 11 is 0. The Morgan fingerprint density at radius 1 is 0.406 bits per heavy atom. The molecular weight excluding hydrogens is 405 g/mol. The van der Waals surface area contributed by atoms with Crippen LogP contribution in [0.4, 0.5) is 13.2 Å². The first kappa shape index (κ1) is 34.1. The molecule has 0 fully saturated rings. The predicted molar refractivity (Wildman–Crippen MR) is 140 cm³/mol. The molecule has 0 heterocycles. The molecule has 3 rings (SSSR count). The van der Waals surface area contributed by atoms with Crippen LogP contribution in [0.3, 0.4) is 0 Å². The van der Waals surface area contributed by atoms with Crippen LogP contribution < -0.4 is 0 Å². The van der Waals surface area contributed by atoms with E-state index in [0.29, 0.717) is 21.5 Å². The van der Waals surface area contributed by atoms with Gasteiger partial charge in [0.15, 0.2) is 0 Å². The third kappa shape index (κ3) is 11.2. The fourth-order valence-corrected chi connectivity index (χ4v) is 3.16. The van der Waals surface area contributed by atoms with Crippen molar-refractivity contribution in [2.45, 2.75) is 54.4 Å². The van der Waals surface area contributed by atoms with Gasteiger partial charge in [0.25, 0.3) is 0 Å². The summed E-state index contributed by atoms with van der Waals surface area (Å²) in [5, 5.41) is 0. The maximum absolute atomic E-state index is 9.50. The Kier molecular flexibility index (Phi) is 23.1. The van der Waals surface area contributed by atoms with Crippen molar-refractivity contribution in [3.63, 3.8) is 0 Å². The Morgan fingerprint density at radius 2 is 0.594 bits per heavy atom. The van der Waals surface area contributed by atoms with Crippen molar-refractivity contribution in [3.8, 4) is 22.3 Å². The second kappa shape index (κ2) is 21.7. The first-order valence-electron chi connectivity index (χ1n) is 10.2. The highest BCUT2D eigenvalue weighted by molar-refractivity contribution is 5.70. The van der Waals surface area contributed by atoms with Crippen molar-refractivity contribution in [1.29, 1.82) is 0 Å². The molecule has 0 atom stereocenters. The van der Waals surface area contributed by atoms with Gasteiger partial charge >= 0.3 is 0 Å². The summed E-state index contributed by atoms with van der Waals surface area (Å²) in [5.41, 5.74) is 7.99. The molecule has 3 aromatic carbocycles. The largest absolute Gasteiger partial charge is 0.255 e. The standard InChI is InChI=1S/C24H26.3CH3F.2CH4/c1-3-5-19-7-11-21(12-8-19)23-15-17-24(18-16-23)22-13-9-20(6-4-2)10-14-22;3*1-2;;/h7-18H,3-6H2,1-2H3;3*1H3;2*1H4. The topological polar surface area (TPSA) is 0 Å². The average Bonchev–Trinajstić information content (AvgIpc) is 2.85. The zero-order valence-corrected chi connectivity index (χ0v) is 18.9. The lowest BCUT2D eigenvalue weighted by Crippen LogP contribution is -1.85. The maximum Gasteiger partial charge on any atom is 0.0785 e. The molecule has 0 aliphatic heterocycles. The van der Waals surface area contributed by atoms with Crippen LogP contribution in [0.2, 0.25) is 0 Å². The molecule has 0 unspecified atom stereocenters. The third-order valence-electron chi connectivity index (χ3n) is 4.54. The van der Waals surface area contributed by atoms with Crippen LogP contribution in [0, 0.1) is 0 Å². The Bertz CT molecular complexity index is 693. The van der Waals surface area contributed by atoms with E-state index >= 15 is 0 Å². The van der Waals surface area contributed by atoms with Gasteiger partial charge in [0, 0.05) is 0 Å². The van der Waals surface area contributed by atoms with Crippen LogP contribution >= 0.6 is 0 Å². The molecule has 180 valence electrons. The van der Waals surface area contributed by atoms with E-state index in [9.17, 15) is 13.2 Å². The summed E-state index contributed by atoms with van der Waals surface area (Å²) in [6, 6.07) is 26.8. The van der Waals surface area contributed by atoms with E-state index in [2.05, 4.69) is 86.6 Å². The van der Waals surface area contributed by atoms with E-state index in [4.69, 9.17) is 0 Å². The minimum Gasteiger partial charge on any atom is -0.255 e. The lowest BCUT2D eigenvalue weighted by molar-refractivity contribution is 0.635. The molecule has 0 N–H and O–H groups in total. The highest BCUT2D eigenvalue weighted by Gasteiger charge is 2.01. The zero-order valence-electron chi connectivity index (χ0n) is 18.9. The van der Waals surface area contributed by atoms with Crippen LogP contribution in [0.5, 0.6) is 0 Å². The van der Waals surface area contributed by atoms with Gasteiger partial charge in [-0.25, -0.2) is 0 Å². The van der Waals surface area contributed by atoms with Gasteiger partial charge in [-0.15, -0.1) is 0 Å². The van der Waals surface area contributed by atoms with E-state index in [-0.39, 0.29) is 14.9 Å². The lowest BCUT2D eigenvalue weighted by atomic mass is 9.98. The Hall–Kier alpha value is -2.55. The van der Waals surface area contributed by atoms with Crippen LogP contribution in [0.1, 0.15) is 52.7 Å². The van der Waals surface area contributed by atoms with E-state index in [1.807, 2.05) is 0 Å². The van der Waals surface area contributed by atoms with Gasteiger partial charge in [0.1, 0.15) is 0 Å². The highest BCUT2D eigenvalue weighted by Crippen LogP contribution is 2.25. The van der Waals surface area contributed by atoms with Gasteiger partial charge in [-0.05, 0) is 46.2 Å². The summed E-state index contributed by atoms with van der Waals surface area (Å²) in [6.45, 7) is 4.45. The minimum atomic E-state index is 0. The summed E-state index contributed by atoms with van der Waals surface area (Å²) in [4.78, 5) is 0. The van der Waals surface area contributed by atoms with Gasteiger partial charge < -0.3 is 0 Å². The highest BCUT2D eigenvalue weighted by atomic mass is 19.1. The van der Waals surface area contributed by atoms with Gasteiger partial charge in [-0.2, -0.15) is 0 Å². The molecule has 0 saturated carbocycles. The minimum absolute atomic E-state index is 0. The van der Waals surface area contributed by atoms with Crippen molar-refractivity contribution in [2.75, 3.05) is 21.5 Å². The van der Waals surface area contributed by atoms with E-state index < -0.39 is 0 Å². The predicted octanol–water partition coefficient (Wildman–Crippen LogP) is 9.95. The SMILES string of the molecule is C.C.CCCc1ccc(-c2ccc(-c3ccc(CCC)cc3)cc2)cc1.CF.CF.CF. The molecule has 0 radical (unpaired) electrons. The number of hydrogen-bond acceptors (Lipinski definition) is 0. The molecular formula is C29H43F3.